The van der Waals surface area contributed by atoms with Gasteiger partial charge in [-0.3, -0.25) is 19.9 Å². The zero-order valence-corrected chi connectivity index (χ0v) is 20.0. The summed E-state index contributed by atoms with van der Waals surface area (Å²) in [6.45, 7) is 0.759. The summed E-state index contributed by atoms with van der Waals surface area (Å²) in [5, 5.41) is 13.2. The van der Waals surface area contributed by atoms with Crippen LogP contribution in [0, 0.1) is 0 Å². The second-order valence-electron chi connectivity index (χ2n) is 8.26. The first-order chi connectivity index (χ1) is 16.6. The van der Waals surface area contributed by atoms with Gasteiger partial charge in [0.25, 0.3) is 11.1 Å². The van der Waals surface area contributed by atoms with Crippen molar-refractivity contribution in [2.75, 3.05) is 5.32 Å². The molecule has 3 aromatic heterocycles. The van der Waals surface area contributed by atoms with E-state index in [1.54, 1.807) is 29.7 Å². The van der Waals surface area contributed by atoms with Crippen molar-refractivity contribution in [1.82, 2.24) is 25.6 Å². The molecule has 1 aliphatic heterocycles. The Morgan fingerprint density at radius 3 is 2.68 bits per heavy atom. The number of aromatic nitrogens is 3. The standard InChI is InChI=1S/C24H24N6O2S2/c31-22-21(34-24(32)30-22)12-18-8-10-25-23(29-18)28-17-6-4-16(5-7-17)26-13-19-2-1-3-20(27-19)15-9-11-33-14-15/h1-3,8-12,14,16-17,26H,4-7,13H2,(H,25,28,29)(H,30,31,32). The maximum atomic E-state index is 11.7. The molecular weight excluding hydrogens is 468 g/mol. The lowest BCUT2D eigenvalue weighted by Gasteiger charge is -2.29. The lowest BCUT2D eigenvalue weighted by atomic mass is 9.91. The quantitative estimate of drug-likeness (QED) is 0.416. The topological polar surface area (TPSA) is 109 Å². The zero-order valence-electron chi connectivity index (χ0n) is 18.4. The Morgan fingerprint density at radius 1 is 1.06 bits per heavy atom. The highest BCUT2D eigenvalue weighted by Gasteiger charge is 2.25. The Labute approximate surface area is 205 Å². The third-order valence-corrected chi connectivity index (χ3v) is 7.35. The molecule has 4 heterocycles. The molecule has 174 valence electrons. The Hall–Kier alpha value is -3.08. The highest BCUT2D eigenvalue weighted by molar-refractivity contribution is 8.18. The van der Waals surface area contributed by atoms with Crippen LogP contribution in [0.5, 0.6) is 0 Å². The summed E-state index contributed by atoms with van der Waals surface area (Å²) in [6, 6.07) is 10.8. The van der Waals surface area contributed by atoms with Gasteiger partial charge in [0.1, 0.15) is 0 Å². The lowest BCUT2D eigenvalue weighted by molar-refractivity contribution is -0.115. The zero-order chi connectivity index (χ0) is 23.3. The molecule has 5 rings (SSSR count). The van der Waals surface area contributed by atoms with Crippen LogP contribution in [-0.2, 0) is 11.3 Å². The van der Waals surface area contributed by atoms with Crippen molar-refractivity contribution in [3.63, 3.8) is 0 Å². The molecule has 0 atom stereocenters. The van der Waals surface area contributed by atoms with Crippen LogP contribution < -0.4 is 16.0 Å². The summed E-state index contributed by atoms with van der Waals surface area (Å²) < 4.78 is 0. The van der Waals surface area contributed by atoms with E-state index in [1.165, 1.54) is 5.56 Å². The number of amides is 2. The Kier molecular flexibility index (Phi) is 6.98. The van der Waals surface area contributed by atoms with Crippen molar-refractivity contribution >= 4 is 46.3 Å². The second-order valence-corrected chi connectivity index (χ2v) is 10.1. The number of imide groups is 1. The Balaban J connectivity index is 1.11. The Bertz CT molecular complexity index is 1210. The molecule has 2 fully saturated rings. The summed E-state index contributed by atoms with van der Waals surface area (Å²) in [5.74, 6) is 0.150. The molecule has 10 heteroatoms. The molecular formula is C24H24N6O2S2. The highest BCUT2D eigenvalue weighted by Crippen LogP contribution is 2.26. The summed E-state index contributed by atoms with van der Waals surface area (Å²) in [6.07, 6.45) is 7.42. The average Bonchev–Trinajstić information content (AvgIpc) is 3.49. The van der Waals surface area contributed by atoms with Crippen LogP contribution in [0.3, 0.4) is 0 Å². The molecule has 34 heavy (non-hydrogen) atoms. The number of hydrogen-bond donors (Lipinski definition) is 3. The third-order valence-electron chi connectivity index (χ3n) is 5.85. The molecule has 0 spiro atoms. The van der Waals surface area contributed by atoms with E-state index in [-0.39, 0.29) is 11.1 Å². The number of hydrogen-bond acceptors (Lipinski definition) is 9. The van der Waals surface area contributed by atoms with E-state index < -0.39 is 0 Å². The molecule has 0 radical (unpaired) electrons. The summed E-state index contributed by atoms with van der Waals surface area (Å²) in [7, 11) is 0. The number of carbonyl (C=O) groups excluding carboxylic acids is 2. The molecule has 0 unspecified atom stereocenters. The van der Waals surface area contributed by atoms with E-state index in [2.05, 4.69) is 60.9 Å². The van der Waals surface area contributed by atoms with Crippen molar-refractivity contribution in [3.8, 4) is 11.3 Å². The summed E-state index contributed by atoms with van der Waals surface area (Å²) in [4.78, 5) is 37.0. The molecule has 2 amide bonds. The first-order valence-corrected chi connectivity index (χ1v) is 12.9. The van der Waals surface area contributed by atoms with Gasteiger partial charge in [-0.25, -0.2) is 9.97 Å². The molecule has 1 saturated heterocycles. The minimum atomic E-state index is -0.387. The van der Waals surface area contributed by atoms with Gasteiger partial charge in [0.05, 0.1) is 22.0 Å². The molecule has 8 nitrogen and oxygen atoms in total. The van der Waals surface area contributed by atoms with E-state index >= 15 is 0 Å². The molecule has 0 bridgehead atoms. The predicted octanol–water partition coefficient (Wildman–Crippen LogP) is 4.44. The lowest BCUT2D eigenvalue weighted by Crippen LogP contribution is -2.37. The van der Waals surface area contributed by atoms with Gasteiger partial charge in [0, 0.05) is 35.8 Å². The van der Waals surface area contributed by atoms with Crippen LogP contribution >= 0.6 is 23.1 Å². The first kappa shape index (κ1) is 22.7. The number of thioether (sulfide) groups is 1. The van der Waals surface area contributed by atoms with E-state index in [4.69, 9.17) is 4.98 Å². The second kappa shape index (κ2) is 10.5. The molecule has 1 aliphatic carbocycles. The SMILES string of the molecule is O=C1NC(=O)C(=Cc2ccnc(NC3CCC(NCc4cccc(-c5ccsc5)n4)CC3)n2)S1. The highest BCUT2D eigenvalue weighted by atomic mass is 32.2. The van der Waals surface area contributed by atoms with Gasteiger partial charge in [-0.15, -0.1) is 0 Å². The van der Waals surface area contributed by atoms with Crippen LogP contribution in [0.25, 0.3) is 17.3 Å². The minimum absolute atomic E-state index is 0.298. The van der Waals surface area contributed by atoms with Crippen molar-refractivity contribution in [1.29, 1.82) is 0 Å². The van der Waals surface area contributed by atoms with Gasteiger partial charge < -0.3 is 10.6 Å². The maximum Gasteiger partial charge on any atom is 0.290 e. The molecule has 0 aromatic carbocycles. The first-order valence-electron chi connectivity index (χ1n) is 11.2. The fraction of sp³-hybridized carbons (Fsp3) is 0.292. The van der Waals surface area contributed by atoms with Crippen LogP contribution in [0.15, 0.2) is 52.2 Å². The summed E-state index contributed by atoms with van der Waals surface area (Å²) in [5.41, 5.74) is 3.83. The largest absolute Gasteiger partial charge is 0.351 e. The van der Waals surface area contributed by atoms with Gasteiger partial charge in [0.15, 0.2) is 0 Å². The van der Waals surface area contributed by atoms with Gasteiger partial charge in [-0.1, -0.05) is 6.07 Å². The van der Waals surface area contributed by atoms with Gasteiger partial charge >= 0.3 is 0 Å². The summed E-state index contributed by atoms with van der Waals surface area (Å²) >= 11 is 2.57. The van der Waals surface area contributed by atoms with Gasteiger partial charge in [-0.2, -0.15) is 11.3 Å². The minimum Gasteiger partial charge on any atom is -0.351 e. The van der Waals surface area contributed by atoms with Gasteiger partial charge in [-0.05, 0) is 73.2 Å². The maximum absolute atomic E-state index is 11.7. The molecule has 3 N–H and O–H groups in total. The van der Waals surface area contributed by atoms with Crippen LogP contribution in [-0.4, -0.2) is 38.2 Å². The van der Waals surface area contributed by atoms with Crippen molar-refractivity contribution in [2.24, 2.45) is 0 Å². The molecule has 1 saturated carbocycles. The van der Waals surface area contributed by atoms with E-state index in [0.29, 0.717) is 28.6 Å². The number of rotatable bonds is 7. The number of anilines is 1. The predicted molar refractivity (Wildman–Crippen MR) is 135 cm³/mol. The number of thiophene rings is 1. The van der Waals surface area contributed by atoms with Crippen LogP contribution in [0.2, 0.25) is 0 Å². The Morgan fingerprint density at radius 2 is 1.91 bits per heavy atom. The van der Waals surface area contributed by atoms with Crippen molar-refractivity contribution < 1.29 is 9.59 Å². The third kappa shape index (κ3) is 5.69. The van der Waals surface area contributed by atoms with Crippen LogP contribution in [0.4, 0.5) is 10.7 Å². The normalized spacial score (nSPS) is 21.6. The van der Waals surface area contributed by atoms with Crippen molar-refractivity contribution in [2.45, 2.75) is 44.3 Å². The monoisotopic (exact) mass is 492 g/mol. The number of nitrogens with zero attached hydrogens (tertiary/aromatic N) is 3. The van der Waals surface area contributed by atoms with Crippen LogP contribution in [0.1, 0.15) is 37.1 Å². The average molecular weight is 493 g/mol. The number of pyridine rings is 1. The fourth-order valence-electron chi connectivity index (χ4n) is 4.10. The number of carbonyl (C=O) groups is 2. The van der Waals surface area contributed by atoms with E-state index in [9.17, 15) is 9.59 Å². The van der Waals surface area contributed by atoms with E-state index in [1.807, 2.05) is 0 Å². The molecule has 2 aliphatic rings. The van der Waals surface area contributed by atoms with E-state index in [0.717, 1.165) is 55.4 Å². The smallest absolute Gasteiger partial charge is 0.290 e. The van der Waals surface area contributed by atoms with Crippen molar-refractivity contribution in [3.05, 3.63) is 63.6 Å². The number of nitrogens with one attached hydrogen (secondary N) is 3. The molecule has 3 aromatic rings. The van der Waals surface area contributed by atoms with Gasteiger partial charge in [0.2, 0.25) is 5.95 Å². The fourth-order valence-corrected chi connectivity index (χ4v) is 5.42.